The number of carbonyl (C=O) groups excluding carboxylic acids is 1. The molecule has 1 atom stereocenters. The first-order valence-corrected chi connectivity index (χ1v) is 8.65. The number of amides is 1. The molecule has 1 amide bonds. The average molecular weight is 317 g/mol. The van der Waals surface area contributed by atoms with Crippen molar-refractivity contribution in [3.8, 4) is 0 Å². The van der Waals surface area contributed by atoms with E-state index in [2.05, 4.69) is 16.8 Å². The highest BCUT2D eigenvalue weighted by molar-refractivity contribution is 5.92. The van der Waals surface area contributed by atoms with Crippen LogP contribution < -0.4 is 0 Å². The maximum atomic E-state index is 12.8. The Bertz CT molecular complexity index is 563. The van der Waals surface area contributed by atoms with E-state index in [0.29, 0.717) is 5.69 Å². The van der Waals surface area contributed by atoms with E-state index in [1.807, 2.05) is 30.0 Å². The van der Waals surface area contributed by atoms with Gasteiger partial charge in [-0.3, -0.25) is 4.79 Å². The number of nitrogens with zero attached hydrogens (tertiary/aromatic N) is 3. The lowest BCUT2D eigenvalue weighted by molar-refractivity contribution is 0.00743. The second kappa shape index (κ2) is 6.97. The Hall–Kier alpha value is -1.46. The minimum absolute atomic E-state index is 0.0556. The van der Waals surface area contributed by atoms with Gasteiger partial charge in [-0.25, -0.2) is 4.98 Å². The zero-order valence-corrected chi connectivity index (χ0v) is 14.3. The molecule has 3 rings (SSSR count). The fourth-order valence-corrected chi connectivity index (χ4v) is 3.80. The van der Waals surface area contributed by atoms with E-state index < -0.39 is 0 Å². The monoisotopic (exact) mass is 317 g/mol. The minimum atomic E-state index is 0.0556. The molecule has 3 heterocycles. The van der Waals surface area contributed by atoms with Gasteiger partial charge < -0.3 is 14.5 Å². The van der Waals surface area contributed by atoms with E-state index >= 15 is 0 Å². The largest absolute Gasteiger partial charge is 0.379 e. The summed E-state index contributed by atoms with van der Waals surface area (Å²) >= 11 is 0. The Labute approximate surface area is 138 Å². The summed E-state index contributed by atoms with van der Waals surface area (Å²) in [5.41, 5.74) is 1.52. The highest BCUT2D eigenvalue weighted by Crippen LogP contribution is 2.33. The molecule has 5 nitrogen and oxygen atoms in total. The van der Waals surface area contributed by atoms with Crippen LogP contribution in [0.25, 0.3) is 0 Å². The summed E-state index contributed by atoms with van der Waals surface area (Å²) in [5, 5.41) is 0. The molecule has 2 aliphatic heterocycles. The van der Waals surface area contributed by atoms with Gasteiger partial charge >= 0.3 is 0 Å². The number of likely N-dealkylation sites (tertiary alicyclic amines) is 1. The van der Waals surface area contributed by atoms with Crippen molar-refractivity contribution in [3.63, 3.8) is 0 Å². The summed E-state index contributed by atoms with van der Waals surface area (Å²) in [6.45, 7) is 10.3. The maximum Gasteiger partial charge on any atom is 0.272 e. The molecule has 0 N–H and O–H groups in total. The lowest BCUT2D eigenvalue weighted by Crippen LogP contribution is -2.52. The van der Waals surface area contributed by atoms with Gasteiger partial charge in [0.2, 0.25) is 0 Å². The first kappa shape index (κ1) is 16.4. The molecule has 0 aromatic carbocycles. The number of likely N-dealkylation sites (N-methyl/N-ethyl adjacent to an activating group) is 1. The number of piperidine rings is 1. The zero-order valence-electron chi connectivity index (χ0n) is 14.3. The van der Waals surface area contributed by atoms with Crippen molar-refractivity contribution in [2.24, 2.45) is 5.41 Å². The van der Waals surface area contributed by atoms with Crippen LogP contribution in [0.2, 0.25) is 0 Å². The van der Waals surface area contributed by atoms with Crippen molar-refractivity contribution in [2.75, 3.05) is 45.9 Å². The van der Waals surface area contributed by atoms with Crippen LogP contribution in [-0.4, -0.2) is 66.6 Å². The summed E-state index contributed by atoms with van der Waals surface area (Å²) in [6, 6.07) is 5.65. The molecule has 23 heavy (non-hydrogen) atoms. The zero-order chi connectivity index (χ0) is 16.3. The van der Waals surface area contributed by atoms with Crippen LogP contribution >= 0.6 is 0 Å². The highest BCUT2D eigenvalue weighted by atomic mass is 16.5. The van der Waals surface area contributed by atoms with Gasteiger partial charge in [0.15, 0.2) is 0 Å². The molecule has 2 fully saturated rings. The van der Waals surface area contributed by atoms with E-state index in [4.69, 9.17) is 4.74 Å². The Morgan fingerprint density at radius 2 is 2.22 bits per heavy atom. The van der Waals surface area contributed by atoms with Gasteiger partial charge in [0.25, 0.3) is 5.91 Å². The molecule has 1 spiro atoms. The molecule has 1 aromatic rings. The molecular weight excluding hydrogens is 290 g/mol. The van der Waals surface area contributed by atoms with Gasteiger partial charge in [0.05, 0.1) is 13.2 Å². The van der Waals surface area contributed by atoms with Gasteiger partial charge in [-0.05, 0) is 38.4 Å². The molecule has 1 aromatic heterocycles. The third-order valence-electron chi connectivity index (χ3n) is 5.02. The summed E-state index contributed by atoms with van der Waals surface area (Å²) < 4.78 is 5.88. The molecule has 0 bridgehead atoms. The number of hydrogen-bond acceptors (Lipinski definition) is 4. The predicted molar refractivity (Wildman–Crippen MR) is 89.5 cm³/mol. The van der Waals surface area contributed by atoms with Crippen LogP contribution in [0.3, 0.4) is 0 Å². The smallest absolute Gasteiger partial charge is 0.272 e. The predicted octanol–water partition coefficient (Wildman–Crippen LogP) is 1.96. The molecule has 0 aliphatic carbocycles. The van der Waals surface area contributed by atoms with Gasteiger partial charge in [-0.1, -0.05) is 13.0 Å². The Balaban J connectivity index is 1.75. The molecule has 2 aliphatic rings. The van der Waals surface area contributed by atoms with Crippen LogP contribution in [0.15, 0.2) is 18.2 Å². The first-order chi connectivity index (χ1) is 11.1. The summed E-state index contributed by atoms with van der Waals surface area (Å²) in [7, 11) is 0. The summed E-state index contributed by atoms with van der Waals surface area (Å²) in [5.74, 6) is 0.0556. The van der Waals surface area contributed by atoms with Crippen molar-refractivity contribution in [3.05, 3.63) is 29.6 Å². The van der Waals surface area contributed by atoms with Crippen LogP contribution in [0.1, 0.15) is 35.9 Å². The number of pyridine rings is 1. The normalized spacial score (nSPS) is 26.3. The Morgan fingerprint density at radius 1 is 1.35 bits per heavy atom. The fourth-order valence-electron chi connectivity index (χ4n) is 3.80. The highest BCUT2D eigenvalue weighted by Gasteiger charge is 2.40. The van der Waals surface area contributed by atoms with Gasteiger partial charge in [0, 0.05) is 37.3 Å². The number of aryl methyl sites for hydroxylation is 1. The van der Waals surface area contributed by atoms with Crippen LogP contribution in [0, 0.1) is 12.3 Å². The van der Waals surface area contributed by atoms with Crippen LogP contribution in [-0.2, 0) is 4.74 Å². The van der Waals surface area contributed by atoms with E-state index in [9.17, 15) is 4.79 Å². The van der Waals surface area contributed by atoms with Crippen LogP contribution in [0.4, 0.5) is 0 Å². The van der Waals surface area contributed by atoms with E-state index in [1.54, 1.807) is 0 Å². The number of hydrogen-bond donors (Lipinski definition) is 0. The standard InChI is InChI=1S/C18H27N3O2/c1-3-20-10-11-23-14-18(12-20)8-5-9-21(13-18)17(22)16-7-4-6-15(2)19-16/h4,6-7H,3,5,8-14H2,1-2H3/t18-/m0/s1. The van der Waals surface area contributed by atoms with Crippen molar-refractivity contribution < 1.29 is 9.53 Å². The van der Waals surface area contributed by atoms with E-state index in [1.165, 1.54) is 0 Å². The number of rotatable bonds is 2. The van der Waals surface area contributed by atoms with E-state index in [-0.39, 0.29) is 11.3 Å². The summed E-state index contributed by atoms with van der Waals surface area (Å²) in [4.78, 5) is 21.7. The van der Waals surface area contributed by atoms with Crippen molar-refractivity contribution >= 4 is 5.91 Å². The van der Waals surface area contributed by atoms with Crippen molar-refractivity contribution in [1.82, 2.24) is 14.8 Å². The maximum absolute atomic E-state index is 12.8. The first-order valence-electron chi connectivity index (χ1n) is 8.65. The van der Waals surface area contributed by atoms with Crippen LogP contribution in [0.5, 0.6) is 0 Å². The second-order valence-corrected chi connectivity index (χ2v) is 6.92. The molecule has 2 saturated heterocycles. The van der Waals surface area contributed by atoms with Gasteiger partial charge in [0.1, 0.15) is 5.69 Å². The molecule has 0 unspecified atom stereocenters. The van der Waals surface area contributed by atoms with Gasteiger partial charge in [-0.15, -0.1) is 0 Å². The minimum Gasteiger partial charge on any atom is -0.379 e. The summed E-state index contributed by atoms with van der Waals surface area (Å²) in [6.07, 6.45) is 2.17. The lowest BCUT2D eigenvalue weighted by atomic mass is 9.80. The SMILES string of the molecule is CCN1CCOC[C@@]2(CCCN(C(=O)c3cccc(C)n3)C2)C1. The molecule has 126 valence electrons. The molecular formula is C18H27N3O2. The quantitative estimate of drug-likeness (QED) is 0.836. The Kier molecular flexibility index (Phi) is 4.97. The molecule has 0 radical (unpaired) electrons. The van der Waals surface area contributed by atoms with Gasteiger partial charge in [-0.2, -0.15) is 0 Å². The fraction of sp³-hybridized carbons (Fsp3) is 0.667. The molecule has 0 saturated carbocycles. The number of ether oxygens (including phenoxy) is 1. The average Bonchev–Trinajstić information content (AvgIpc) is 2.76. The topological polar surface area (TPSA) is 45.7 Å². The molecule has 5 heteroatoms. The van der Waals surface area contributed by atoms with E-state index in [0.717, 1.165) is 64.5 Å². The third-order valence-corrected chi connectivity index (χ3v) is 5.02. The third kappa shape index (κ3) is 3.72. The number of aromatic nitrogens is 1. The van der Waals surface area contributed by atoms with Crippen molar-refractivity contribution in [2.45, 2.75) is 26.7 Å². The number of carbonyl (C=O) groups is 1. The second-order valence-electron chi connectivity index (χ2n) is 6.92. The van der Waals surface area contributed by atoms with Crippen molar-refractivity contribution in [1.29, 1.82) is 0 Å². The lowest BCUT2D eigenvalue weighted by Gasteiger charge is -2.43. The Morgan fingerprint density at radius 3 is 3.00 bits per heavy atom.